The van der Waals surface area contributed by atoms with Gasteiger partial charge in [0.2, 0.25) is 0 Å². The molecule has 0 saturated heterocycles. The van der Waals surface area contributed by atoms with Crippen molar-refractivity contribution in [2.75, 3.05) is 5.32 Å². The highest BCUT2D eigenvalue weighted by molar-refractivity contribution is 6.30. The van der Waals surface area contributed by atoms with Gasteiger partial charge in [-0.25, -0.2) is 4.39 Å². The predicted molar refractivity (Wildman–Crippen MR) is 76.6 cm³/mol. The van der Waals surface area contributed by atoms with Gasteiger partial charge in [0.25, 0.3) is 5.69 Å². The lowest BCUT2D eigenvalue weighted by molar-refractivity contribution is -0.384. The minimum Gasteiger partial charge on any atom is -0.375 e. The Morgan fingerprint density at radius 3 is 2.70 bits per heavy atom. The van der Waals surface area contributed by atoms with Crippen molar-refractivity contribution >= 4 is 23.0 Å². The van der Waals surface area contributed by atoms with E-state index >= 15 is 0 Å². The predicted octanol–water partition coefficient (Wildman–Crippen LogP) is 4.31. The second-order valence-electron chi connectivity index (χ2n) is 4.34. The molecule has 2 aromatic rings. The molecule has 2 rings (SSSR count). The molecule has 2 aromatic carbocycles. The molecule has 104 valence electrons. The lowest BCUT2D eigenvalue weighted by atomic mass is 10.1. The van der Waals surface area contributed by atoms with Gasteiger partial charge in [-0.05, 0) is 42.3 Å². The van der Waals surface area contributed by atoms with E-state index in [-0.39, 0.29) is 11.4 Å². The molecule has 1 N–H and O–H groups in total. The minimum atomic E-state index is -0.634. The Labute approximate surface area is 120 Å². The quantitative estimate of drug-likeness (QED) is 0.675. The van der Waals surface area contributed by atoms with E-state index in [0.29, 0.717) is 11.6 Å². The van der Waals surface area contributed by atoms with Gasteiger partial charge in [-0.2, -0.15) is 0 Å². The van der Waals surface area contributed by atoms with Crippen LogP contribution in [0.2, 0.25) is 5.02 Å². The number of hydrogen-bond donors (Lipinski definition) is 1. The minimum absolute atomic E-state index is 0.281. The van der Waals surface area contributed by atoms with E-state index in [1.54, 1.807) is 6.07 Å². The summed E-state index contributed by atoms with van der Waals surface area (Å²) in [4.78, 5) is 10.3. The first-order valence-corrected chi connectivity index (χ1v) is 6.28. The van der Waals surface area contributed by atoms with Crippen molar-refractivity contribution in [3.63, 3.8) is 0 Å². The third-order valence-corrected chi connectivity index (χ3v) is 3.17. The van der Waals surface area contributed by atoms with Crippen molar-refractivity contribution < 1.29 is 9.31 Å². The van der Waals surface area contributed by atoms with Gasteiger partial charge in [0.1, 0.15) is 11.5 Å². The fourth-order valence-electron chi connectivity index (χ4n) is 1.85. The highest BCUT2D eigenvalue weighted by Gasteiger charge is 2.14. The molecule has 0 fully saturated rings. The van der Waals surface area contributed by atoms with Gasteiger partial charge in [-0.1, -0.05) is 17.7 Å². The molecule has 4 nitrogen and oxygen atoms in total. The Kier molecular flexibility index (Phi) is 4.20. The smallest absolute Gasteiger partial charge is 0.295 e. The van der Waals surface area contributed by atoms with Crippen LogP contribution >= 0.6 is 11.6 Å². The fourth-order valence-corrected chi connectivity index (χ4v) is 2.08. The monoisotopic (exact) mass is 294 g/mol. The Balaban J connectivity index is 2.20. The largest absolute Gasteiger partial charge is 0.375 e. The summed E-state index contributed by atoms with van der Waals surface area (Å²) in [5.41, 5.74) is 1.95. The molecule has 0 unspecified atom stereocenters. The van der Waals surface area contributed by atoms with Crippen LogP contribution in [0.15, 0.2) is 36.4 Å². The van der Waals surface area contributed by atoms with E-state index in [1.807, 2.05) is 19.1 Å². The number of aryl methyl sites for hydroxylation is 1. The summed E-state index contributed by atoms with van der Waals surface area (Å²) in [6.07, 6.45) is 0. The van der Waals surface area contributed by atoms with Crippen molar-refractivity contribution in [2.45, 2.75) is 13.5 Å². The topological polar surface area (TPSA) is 55.2 Å². The molecule has 0 aliphatic carbocycles. The van der Waals surface area contributed by atoms with E-state index in [2.05, 4.69) is 5.32 Å². The normalized spacial score (nSPS) is 10.3. The Morgan fingerprint density at radius 2 is 2.05 bits per heavy atom. The van der Waals surface area contributed by atoms with Crippen LogP contribution in [-0.2, 0) is 6.54 Å². The number of nitrogens with one attached hydrogen (secondary N) is 1. The zero-order valence-electron chi connectivity index (χ0n) is 10.7. The summed E-state index contributed by atoms with van der Waals surface area (Å²) < 4.78 is 13.0. The van der Waals surface area contributed by atoms with Gasteiger partial charge in [0, 0.05) is 11.6 Å². The van der Waals surface area contributed by atoms with Crippen LogP contribution in [0.3, 0.4) is 0 Å². The molecule has 0 spiro atoms. The Hall–Kier alpha value is -2.14. The third-order valence-electron chi connectivity index (χ3n) is 2.93. The molecule has 0 saturated carbocycles. The number of nitro groups is 1. The molecule has 0 bridgehead atoms. The van der Waals surface area contributed by atoms with E-state index in [0.717, 1.165) is 17.2 Å². The molecule has 0 atom stereocenters. The van der Waals surface area contributed by atoms with Gasteiger partial charge < -0.3 is 5.32 Å². The van der Waals surface area contributed by atoms with E-state index in [9.17, 15) is 14.5 Å². The van der Waals surface area contributed by atoms with Crippen molar-refractivity contribution in [2.24, 2.45) is 0 Å². The zero-order valence-corrected chi connectivity index (χ0v) is 11.4. The molecule has 0 radical (unpaired) electrons. The number of hydrogen-bond acceptors (Lipinski definition) is 3. The molecular weight excluding hydrogens is 283 g/mol. The maximum atomic E-state index is 13.0. The number of nitrogens with zero attached hydrogens (tertiary/aromatic N) is 1. The summed E-state index contributed by atoms with van der Waals surface area (Å²) >= 11 is 5.87. The molecule has 6 heteroatoms. The van der Waals surface area contributed by atoms with E-state index in [1.165, 1.54) is 12.1 Å². The maximum Gasteiger partial charge on any atom is 0.295 e. The molecular formula is C14H12ClFN2O2. The van der Waals surface area contributed by atoms with Crippen molar-refractivity contribution in [3.8, 4) is 0 Å². The van der Waals surface area contributed by atoms with Gasteiger partial charge in [0.05, 0.1) is 11.0 Å². The number of rotatable bonds is 4. The van der Waals surface area contributed by atoms with Crippen LogP contribution < -0.4 is 5.32 Å². The maximum absolute atomic E-state index is 13.0. The second kappa shape index (κ2) is 5.88. The summed E-state index contributed by atoms with van der Waals surface area (Å²) in [6, 6.07) is 8.86. The SMILES string of the molecule is Cc1cc(Cl)ccc1CNc1ccc(F)cc1[N+](=O)[O-]. The highest BCUT2D eigenvalue weighted by Crippen LogP contribution is 2.26. The van der Waals surface area contributed by atoms with Crippen LogP contribution in [0.25, 0.3) is 0 Å². The van der Waals surface area contributed by atoms with Gasteiger partial charge >= 0.3 is 0 Å². The van der Waals surface area contributed by atoms with Gasteiger partial charge in [-0.3, -0.25) is 10.1 Å². The summed E-state index contributed by atoms with van der Waals surface area (Å²) in [5, 5.41) is 14.5. The van der Waals surface area contributed by atoms with Crippen LogP contribution in [-0.4, -0.2) is 4.92 Å². The average molecular weight is 295 g/mol. The van der Waals surface area contributed by atoms with Crippen LogP contribution in [0.4, 0.5) is 15.8 Å². The fraction of sp³-hybridized carbons (Fsp3) is 0.143. The van der Waals surface area contributed by atoms with Crippen molar-refractivity contribution in [1.29, 1.82) is 0 Å². The first-order chi connectivity index (χ1) is 9.47. The molecule has 0 aromatic heterocycles. The summed E-state index contributed by atoms with van der Waals surface area (Å²) in [5.74, 6) is -0.634. The number of halogens is 2. The van der Waals surface area contributed by atoms with E-state index in [4.69, 9.17) is 11.6 Å². The molecule has 0 aliphatic heterocycles. The Bertz CT molecular complexity index is 662. The first kappa shape index (κ1) is 14.3. The first-order valence-electron chi connectivity index (χ1n) is 5.90. The van der Waals surface area contributed by atoms with Crippen molar-refractivity contribution in [3.05, 3.63) is 68.5 Å². The van der Waals surface area contributed by atoms with E-state index < -0.39 is 10.7 Å². The number of nitro benzene ring substituents is 1. The Morgan fingerprint density at radius 1 is 1.30 bits per heavy atom. The molecule has 0 amide bonds. The third kappa shape index (κ3) is 3.24. The van der Waals surface area contributed by atoms with Crippen LogP contribution in [0.1, 0.15) is 11.1 Å². The summed E-state index contributed by atoms with van der Waals surface area (Å²) in [7, 11) is 0. The zero-order chi connectivity index (χ0) is 14.7. The number of anilines is 1. The average Bonchev–Trinajstić information content (AvgIpc) is 2.38. The van der Waals surface area contributed by atoms with Crippen molar-refractivity contribution in [1.82, 2.24) is 0 Å². The number of benzene rings is 2. The molecule has 0 heterocycles. The van der Waals surface area contributed by atoms with Crippen LogP contribution in [0.5, 0.6) is 0 Å². The molecule has 20 heavy (non-hydrogen) atoms. The summed E-state index contributed by atoms with van der Waals surface area (Å²) in [6.45, 7) is 2.30. The van der Waals surface area contributed by atoms with Crippen LogP contribution in [0, 0.1) is 22.9 Å². The lowest BCUT2D eigenvalue weighted by Crippen LogP contribution is -2.04. The lowest BCUT2D eigenvalue weighted by Gasteiger charge is -2.10. The standard InChI is InChI=1S/C14H12ClFN2O2/c1-9-6-11(15)3-2-10(9)8-17-13-5-4-12(16)7-14(13)18(19)20/h2-7,17H,8H2,1H3. The van der Waals surface area contributed by atoms with Gasteiger partial charge in [-0.15, -0.1) is 0 Å². The second-order valence-corrected chi connectivity index (χ2v) is 4.78. The molecule has 0 aliphatic rings. The van der Waals surface area contributed by atoms with Gasteiger partial charge in [0.15, 0.2) is 0 Å². The highest BCUT2D eigenvalue weighted by atomic mass is 35.5.